The van der Waals surface area contributed by atoms with Gasteiger partial charge in [0, 0.05) is 18.3 Å². The molecule has 0 amide bonds. The van der Waals surface area contributed by atoms with Crippen LogP contribution < -0.4 is 4.72 Å². The van der Waals surface area contributed by atoms with Crippen molar-refractivity contribution in [3.05, 3.63) is 16.5 Å². The fourth-order valence-corrected chi connectivity index (χ4v) is 6.97. The Morgan fingerprint density at radius 3 is 2.64 bits per heavy atom. The Hall–Kier alpha value is 0.210. The van der Waals surface area contributed by atoms with Gasteiger partial charge >= 0.3 is 0 Å². The highest BCUT2D eigenvalue weighted by atomic mass is 35.5. The van der Waals surface area contributed by atoms with E-state index in [1.807, 2.05) is 11.8 Å². The van der Waals surface area contributed by atoms with Crippen molar-refractivity contribution in [2.24, 2.45) is 5.92 Å². The van der Waals surface area contributed by atoms with Gasteiger partial charge in [-0.2, -0.15) is 11.8 Å². The number of hydrogen-bond donors (Lipinski definition) is 1. The van der Waals surface area contributed by atoms with Crippen LogP contribution in [-0.4, -0.2) is 50.5 Å². The molecule has 0 aromatic carbocycles. The van der Waals surface area contributed by atoms with Crippen LogP contribution in [0.2, 0.25) is 4.34 Å². The molecule has 0 saturated carbocycles. The fraction of sp³-hybridized carbons (Fsp3) is 0.714. The molecule has 0 aliphatic carbocycles. The lowest BCUT2D eigenvalue weighted by atomic mass is 9.96. The lowest BCUT2D eigenvalue weighted by Crippen LogP contribution is -2.43. The summed E-state index contributed by atoms with van der Waals surface area (Å²) in [5, 5.41) is 0. The van der Waals surface area contributed by atoms with Crippen molar-refractivity contribution in [2.45, 2.75) is 29.5 Å². The Labute approximate surface area is 145 Å². The van der Waals surface area contributed by atoms with Crippen LogP contribution in [0.3, 0.4) is 0 Å². The van der Waals surface area contributed by atoms with Crippen LogP contribution >= 0.6 is 34.7 Å². The van der Waals surface area contributed by atoms with E-state index in [-0.39, 0.29) is 0 Å². The number of nitrogens with one attached hydrogen (secondary N) is 1. The number of likely N-dealkylation sites (tertiary alicyclic amines) is 1. The molecule has 1 aromatic heterocycles. The first kappa shape index (κ1) is 17.0. The van der Waals surface area contributed by atoms with Crippen molar-refractivity contribution in [3.63, 3.8) is 0 Å². The zero-order valence-corrected chi connectivity index (χ0v) is 15.5. The third-order valence-corrected chi connectivity index (χ3v) is 8.74. The van der Waals surface area contributed by atoms with E-state index < -0.39 is 10.0 Å². The summed E-state index contributed by atoms with van der Waals surface area (Å²) >= 11 is 8.96. The molecule has 4 nitrogen and oxygen atoms in total. The summed E-state index contributed by atoms with van der Waals surface area (Å²) in [5.74, 6) is 2.99. The second kappa shape index (κ2) is 7.40. The SMILES string of the molecule is O=S(=O)(NCC1CCN(C2CCSC2)CC1)c1ccc(Cl)s1. The van der Waals surface area contributed by atoms with Crippen LogP contribution in [0.4, 0.5) is 0 Å². The summed E-state index contributed by atoms with van der Waals surface area (Å²) in [5.41, 5.74) is 0. The molecule has 0 radical (unpaired) electrons. The molecule has 2 saturated heterocycles. The Kier molecular flexibility index (Phi) is 5.74. The first-order valence-corrected chi connectivity index (χ1v) is 11.4. The van der Waals surface area contributed by atoms with Gasteiger partial charge in [-0.1, -0.05) is 11.6 Å². The standard InChI is InChI=1S/C14H21ClN2O2S3/c15-13-1-2-14(21-13)22(18,19)16-9-11-3-6-17(7-4-11)12-5-8-20-10-12/h1-2,11-12,16H,3-10H2. The van der Waals surface area contributed by atoms with E-state index in [2.05, 4.69) is 9.62 Å². The van der Waals surface area contributed by atoms with Crippen LogP contribution in [0.5, 0.6) is 0 Å². The molecule has 3 heterocycles. The predicted molar refractivity (Wildman–Crippen MR) is 94.5 cm³/mol. The molecular weight excluding hydrogens is 360 g/mol. The van der Waals surface area contributed by atoms with E-state index in [1.54, 1.807) is 12.1 Å². The summed E-state index contributed by atoms with van der Waals surface area (Å²) < 4.78 is 27.9. The number of rotatable bonds is 5. The van der Waals surface area contributed by atoms with Crippen LogP contribution in [0, 0.1) is 5.92 Å². The zero-order valence-electron chi connectivity index (χ0n) is 12.3. The zero-order chi connectivity index (χ0) is 15.6. The molecule has 1 N–H and O–H groups in total. The third-order valence-electron chi connectivity index (χ3n) is 4.45. The Morgan fingerprint density at radius 1 is 1.27 bits per heavy atom. The molecule has 2 fully saturated rings. The highest BCUT2D eigenvalue weighted by molar-refractivity contribution is 7.99. The minimum absolute atomic E-state index is 0.304. The average Bonchev–Trinajstić information content (AvgIpc) is 3.17. The van der Waals surface area contributed by atoms with E-state index in [4.69, 9.17) is 11.6 Å². The van der Waals surface area contributed by atoms with Gasteiger partial charge in [0.15, 0.2) is 0 Å². The van der Waals surface area contributed by atoms with Gasteiger partial charge in [0.1, 0.15) is 4.21 Å². The van der Waals surface area contributed by atoms with Crippen LogP contribution in [0.25, 0.3) is 0 Å². The molecule has 1 aromatic rings. The lowest BCUT2D eigenvalue weighted by molar-refractivity contribution is 0.145. The first-order chi connectivity index (χ1) is 10.5. The maximum Gasteiger partial charge on any atom is 0.250 e. The predicted octanol–water partition coefficient (Wildman–Crippen LogP) is 2.90. The summed E-state index contributed by atoms with van der Waals surface area (Å²) in [4.78, 5) is 2.59. The van der Waals surface area contributed by atoms with E-state index in [9.17, 15) is 8.42 Å². The first-order valence-electron chi connectivity index (χ1n) is 7.61. The maximum atomic E-state index is 12.2. The molecule has 124 valence electrons. The van der Waals surface area contributed by atoms with Crippen molar-refractivity contribution >= 4 is 44.7 Å². The van der Waals surface area contributed by atoms with Gasteiger partial charge in [-0.05, 0) is 56.2 Å². The van der Waals surface area contributed by atoms with E-state index >= 15 is 0 Å². The normalized spacial score (nSPS) is 24.9. The molecule has 22 heavy (non-hydrogen) atoms. The molecule has 2 aliphatic rings. The largest absolute Gasteiger partial charge is 0.300 e. The van der Waals surface area contributed by atoms with Crippen LogP contribution in [0.15, 0.2) is 16.3 Å². The van der Waals surface area contributed by atoms with Crippen molar-refractivity contribution in [1.82, 2.24) is 9.62 Å². The topological polar surface area (TPSA) is 49.4 Å². The lowest BCUT2D eigenvalue weighted by Gasteiger charge is -2.35. The summed E-state index contributed by atoms with van der Waals surface area (Å²) in [7, 11) is -3.40. The second-order valence-corrected chi connectivity index (χ2v) is 10.8. The minimum Gasteiger partial charge on any atom is -0.300 e. The van der Waals surface area contributed by atoms with Crippen LogP contribution in [0.1, 0.15) is 19.3 Å². The van der Waals surface area contributed by atoms with E-state index in [0.717, 1.165) is 43.3 Å². The maximum absolute atomic E-state index is 12.2. The van der Waals surface area contributed by atoms with Gasteiger partial charge in [0.05, 0.1) is 4.34 Å². The highest BCUT2D eigenvalue weighted by Gasteiger charge is 2.28. The Morgan fingerprint density at radius 2 is 2.05 bits per heavy atom. The number of hydrogen-bond acceptors (Lipinski definition) is 5. The van der Waals surface area contributed by atoms with E-state index in [1.165, 1.54) is 17.9 Å². The quantitative estimate of drug-likeness (QED) is 0.853. The molecule has 3 rings (SSSR count). The molecule has 2 aliphatic heterocycles. The van der Waals surface area contributed by atoms with Crippen molar-refractivity contribution in [1.29, 1.82) is 0 Å². The van der Waals surface area contributed by atoms with Crippen molar-refractivity contribution in [3.8, 4) is 0 Å². The molecule has 1 unspecified atom stereocenters. The van der Waals surface area contributed by atoms with Crippen LogP contribution in [-0.2, 0) is 10.0 Å². The molecule has 8 heteroatoms. The molecule has 0 bridgehead atoms. The summed E-state index contributed by atoms with van der Waals surface area (Å²) in [6.07, 6.45) is 3.46. The number of nitrogens with zero attached hydrogens (tertiary/aromatic N) is 1. The number of halogens is 1. The van der Waals surface area contributed by atoms with Gasteiger partial charge in [-0.3, -0.25) is 4.90 Å². The highest BCUT2D eigenvalue weighted by Crippen LogP contribution is 2.28. The average molecular weight is 381 g/mol. The molecular formula is C14H21ClN2O2S3. The van der Waals surface area contributed by atoms with E-state index in [0.29, 0.717) is 21.0 Å². The summed E-state index contributed by atoms with van der Waals surface area (Å²) in [6.45, 7) is 2.73. The van der Waals surface area contributed by atoms with Gasteiger partial charge in [-0.15, -0.1) is 11.3 Å². The monoisotopic (exact) mass is 380 g/mol. The van der Waals surface area contributed by atoms with Gasteiger partial charge in [0.2, 0.25) is 10.0 Å². The Balaban J connectivity index is 1.47. The Bertz CT molecular complexity index is 591. The van der Waals surface area contributed by atoms with Gasteiger partial charge in [0.25, 0.3) is 0 Å². The number of sulfonamides is 1. The molecule has 1 atom stereocenters. The smallest absolute Gasteiger partial charge is 0.250 e. The summed E-state index contributed by atoms with van der Waals surface area (Å²) in [6, 6.07) is 3.94. The fourth-order valence-electron chi connectivity index (χ4n) is 3.07. The van der Waals surface area contributed by atoms with Gasteiger partial charge < -0.3 is 0 Å². The second-order valence-electron chi connectivity index (χ2n) is 5.91. The number of thioether (sulfide) groups is 1. The van der Waals surface area contributed by atoms with Crippen molar-refractivity contribution < 1.29 is 8.42 Å². The molecule has 0 spiro atoms. The minimum atomic E-state index is -3.40. The van der Waals surface area contributed by atoms with Crippen molar-refractivity contribution in [2.75, 3.05) is 31.1 Å². The van der Waals surface area contributed by atoms with Gasteiger partial charge in [-0.25, -0.2) is 13.1 Å². The number of thiophene rings is 1. The number of piperidine rings is 1. The third kappa shape index (κ3) is 4.19.